The van der Waals surface area contributed by atoms with Crippen molar-refractivity contribution in [1.82, 2.24) is 9.88 Å². The van der Waals surface area contributed by atoms with Gasteiger partial charge in [0, 0.05) is 38.9 Å². The van der Waals surface area contributed by atoms with Crippen LogP contribution in [0, 0.1) is 5.82 Å². The predicted molar refractivity (Wildman–Crippen MR) is 84.3 cm³/mol. The Morgan fingerprint density at radius 2 is 1.87 bits per heavy atom. The van der Waals surface area contributed by atoms with Crippen LogP contribution < -0.4 is 14.4 Å². The van der Waals surface area contributed by atoms with Gasteiger partial charge in [-0.1, -0.05) is 6.07 Å². The molecule has 1 aromatic heterocycles. The zero-order valence-corrected chi connectivity index (χ0v) is 12.7. The van der Waals surface area contributed by atoms with E-state index in [2.05, 4.69) is 16.0 Å². The lowest BCUT2D eigenvalue weighted by atomic mass is 10.1. The van der Waals surface area contributed by atoms with Crippen molar-refractivity contribution >= 4 is 5.82 Å². The number of hydrogen-bond donors (Lipinski definition) is 0. The third-order valence-corrected chi connectivity index (χ3v) is 4.25. The number of pyridine rings is 1. The van der Waals surface area contributed by atoms with E-state index in [4.69, 9.17) is 9.47 Å². The van der Waals surface area contributed by atoms with Crippen molar-refractivity contribution in [1.29, 1.82) is 0 Å². The van der Waals surface area contributed by atoms with Gasteiger partial charge in [0.2, 0.25) is 6.79 Å². The molecule has 4 rings (SSSR count). The average molecular weight is 315 g/mol. The van der Waals surface area contributed by atoms with Gasteiger partial charge in [0.05, 0.1) is 0 Å². The Bertz CT molecular complexity index is 702. The second-order valence-corrected chi connectivity index (χ2v) is 5.76. The van der Waals surface area contributed by atoms with E-state index >= 15 is 0 Å². The summed E-state index contributed by atoms with van der Waals surface area (Å²) >= 11 is 0. The SMILES string of the molecule is Fc1cccnc1N1CCN(Cc2ccc3c(c2)OCO3)CC1. The normalized spacial score (nSPS) is 17.5. The highest BCUT2D eigenvalue weighted by atomic mass is 19.1. The molecule has 0 aliphatic carbocycles. The lowest BCUT2D eigenvalue weighted by Crippen LogP contribution is -2.46. The molecule has 1 saturated heterocycles. The summed E-state index contributed by atoms with van der Waals surface area (Å²) in [5.41, 5.74) is 1.20. The molecule has 0 saturated carbocycles. The number of nitrogens with zero attached hydrogens (tertiary/aromatic N) is 3. The van der Waals surface area contributed by atoms with Crippen LogP contribution in [0.4, 0.5) is 10.2 Å². The zero-order valence-electron chi connectivity index (χ0n) is 12.7. The maximum absolute atomic E-state index is 13.8. The molecule has 6 heteroatoms. The maximum Gasteiger partial charge on any atom is 0.231 e. The summed E-state index contributed by atoms with van der Waals surface area (Å²) in [6, 6.07) is 9.14. The van der Waals surface area contributed by atoms with Crippen LogP contribution in [0.5, 0.6) is 11.5 Å². The molecule has 2 aromatic rings. The first-order valence-electron chi connectivity index (χ1n) is 7.76. The molecule has 0 N–H and O–H groups in total. The molecule has 0 atom stereocenters. The largest absolute Gasteiger partial charge is 0.454 e. The van der Waals surface area contributed by atoms with Gasteiger partial charge >= 0.3 is 0 Å². The number of aromatic nitrogens is 1. The van der Waals surface area contributed by atoms with E-state index < -0.39 is 0 Å². The fourth-order valence-corrected chi connectivity index (χ4v) is 3.03. The Kier molecular flexibility index (Phi) is 3.75. The van der Waals surface area contributed by atoms with Gasteiger partial charge in [-0.25, -0.2) is 9.37 Å². The van der Waals surface area contributed by atoms with Crippen molar-refractivity contribution in [2.24, 2.45) is 0 Å². The first-order valence-corrected chi connectivity index (χ1v) is 7.76. The van der Waals surface area contributed by atoms with E-state index in [1.54, 1.807) is 12.3 Å². The molecule has 2 aliphatic heterocycles. The molecule has 0 spiro atoms. The molecule has 120 valence electrons. The van der Waals surface area contributed by atoms with Crippen LogP contribution in [0.2, 0.25) is 0 Å². The summed E-state index contributed by atoms with van der Waals surface area (Å²) in [4.78, 5) is 8.51. The topological polar surface area (TPSA) is 37.8 Å². The zero-order chi connectivity index (χ0) is 15.6. The summed E-state index contributed by atoms with van der Waals surface area (Å²) in [5, 5.41) is 0. The van der Waals surface area contributed by atoms with Crippen molar-refractivity contribution < 1.29 is 13.9 Å². The van der Waals surface area contributed by atoms with E-state index in [1.165, 1.54) is 11.6 Å². The fraction of sp³-hybridized carbons (Fsp3) is 0.353. The number of ether oxygens (including phenoxy) is 2. The number of hydrogen-bond acceptors (Lipinski definition) is 5. The lowest BCUT2D eigenvalue weighted by molar-refractivity contribution is 0.174. The summed E-state index contributed by atoms with van der Waals surface area (Å²) < 4.78 is 24.6. The Labute approximate surface area is 134 Å². The van der Waals surface area contributed by atoms with Gasteiger partial charge in [0.15, 0.2) is 23.1 Å². The third kappa shape index (κ3) is 2.94. The maximum atomic E-state index is 13.8. The summed E-state index contributed by atoms with van der Waals surface area (Å²) in [7, 11) is 0. The van der Waals surface area contributed by atoms with E-state index in [-0.39, 0.29) is 5.82 Å². The molecule has 0 bridgehead atoms. The molecule has 2 aliphatic rings. The van der Waals surface area contributed by atoms with Crippen LogP contribution in [0.25, 0.3) is 0 Å². The van der Waals surface area contributed by atoms with Crippen LogP contribution in [-0.2, 0) is 6.54 Å². The molecule has 0 amide bonds. The Hall–Kier alpha value is -2.34. The van der Waals surface area contributed by atoms with Crippen LogP contribution in [0.1, 0.15) is 5.56 Å². The Balaban J connectivity index is 1.37. The minimum Gasteiger partial charge on any atom is -0.454 e. The van der Waals surface area contributed by atoms with Crippen LogP contribution >= 0.6 is 0 Å². The number of rotatable bonds is 3. The Morgan fingerprint density at radius 1 is 1.04 bits per heavy atom. The molecule has 0 unspecified atom stereocenters. The van der Waals surface area contributed by atoms with Gasteiger partial charge in [-0.3, -0.25) is 4.90 Å². The fourth-order valence-electron chi connectivity index (χ4n) is 3.03. The van der Waals surface area contributed by atoms with Crippen molar-refractivity contribution in [3.05, 3.63) is 47.9 Å². The van der Waals surface area contributed by atoms with Crippen molar-refractivity contribution in [3.63, 3.8) is 0 Å². The molecule has 23 heavy (non-hydrogen) atoms. The molecular formula is C17H18FN3O2. The first kappa shape index (κ1) is 14.3. The number of halogens is 1. The molecule has 3 heterocycles. The van der Waals surface area contributed by atoms with E-state index in [9.17, 15) is 4.39 Å². The van der Waals surface area contributed by atoms with Crippen LogP contribution in [0.3, 0.4) is 0 Å². The van der Waals surface area contributed by atoms with Crippen molar-refractivity contribution in [2.45, 2.75) is 6.54 Å². The highest BCUT2D eigenvalue weighted by molar-refractivity contribution is 5.44. The van der Waals surface area contributed by atoms with Crippen LogP contribution in [0.15, 0.2) is 36.5 Å². The number of benzene rings is 1. The van der Waals surface area contributed by atoms with E-state index in [1.807, 2.05) is 17.0 Å². The highest BCUT2D eigenvalue weighted by Gasteiger charge is 2.21. The van der Waals surface area contributed by atoms with Gasteiger partial charge in [-0.05, 0) is 29.8 Å². The third-order valence-electron chi connectivity index (χ3n) is 4.25. The lowest BCUT2D eigenvalue weighted by Gasteiger charge is -2.35. The van der Waals surface area contributed by atoms with Gasteiger partial charge < -0.3 is 14.4 Å². The van der Waals surface area contributed by atoms with E-state index in [0.717, 1.165) is 44.2 Å². The molecular weight excluding hydrogens is 297 g/mol. The first-order chi connectivity index (χ1) is 11.3. The number of anilines is 1. The van der Waals surface area contributed by atoms with E-state index in [0.29, 0.717) is 12.6 Å². The summed E-state index contributed by atoms with van der Waals surface area (Å²) in [6.07, 6.45) is 1.64. The predicted octanol–water partition coefficient (Wildman–Crippen LogP) is 2.27. The monoisotopic (exact) mass is 315 g/mol. The second kappa shape index (κ2) is 6.04. The highest BCUT2D eigenvalue weighted by Crippen LogP contribution is 2.32. The van der Waals surface area contributed by atoms with Crippen molar-refractivity contribution in [3.8, 4) is 11.5 Å². The smallest absolute Gasteiger partial charge is 0.231 e. The van der Waals surface area contributed by atoms with Crippen molar-refractivity contribution in [2.75, 3.05) is 37.9 Å². The minimum absolute atomic E-state index is 0.253. The molecule has 1 aromatic carbocycles. The minimum atomic E-state index is -0.253. The van der Waals surface area contributed by atoms with Gasteiger partial charge in [-0.15, -0.1) is 0 Å². The second-order valence-electron chi connectivity index (χ2n) is 5.76. The van der Waals surface area contributed by atoms with Gasteiger partial charge in [-0.2, -0.15) is 0 Å². The summed E-state index contributed by atoms with van der Waals surface area (Å²) in [6.45, 7) is 4.47. The quantitative estimate of drug-likeness (QED) is 0.869. The number of fused-ring (bicyclic) bond motifs is 1. The van der Waals surface area contributed by atoms with Gasteiger partial charge in [0.1, 0.15) is 0 Å². The molecule has 0 radical (unpaired) electrons. The van der Waals surface area contributed by atoms with Crippen LogP contribution in [-0.4, -0.2) is 42.9 Å². The molecule has 5 nitrogen and oxygen atoms in total. The standard InChI is InChI=1S/C17H18FN3O2/c18-14-2-1-5-19-17(14)21-8-6-20(7-9-21)11-13-3-4-15-16(10-13)23-12-22-15/h1-5,10H,6-9,11-12H2. The molecule has 1 fully saturated rings. The Morgan fingerprint density at radius 3 is 2.70 bits per heavy atom. The average Bonchev–Trinajstić information content (AvgIpc) is 3.04. The number of piperazine rings is 1. The van der Waals surface area contributed by atoms with Gasteiger partial charge in [0.25, 0.3) is 0 Å². The summed E-state index contributed by atoms with van der Waals surface area (Å²) in [5.74, 6) is 1.83.